The zero-order valence-electron chi connectivity index (χ0n) is 22.3. The Hall–Kier alpha value is -4.28. The second-order valence-corrected chi connectivity index (χ2v) is 12.4. The Bertz CT molecular complexity index is 1770. The van der Waals surface area contributed by atoms with Crippen molar-refractivity contribution in [3.63, 3.8) is 0 Å². The minimum atomic E-state index is -4.44. The minimum absolute atomic E-state index is 0.0860. The number of aliphatic hydroxyl groups is 1. The zero-order valence-corrected chi connectivity index (χ0v) is 23.9. The number of halogens is 1. The van der Waals surface area contributed by atoms with Crippen molar-refractivity contribution in [2.75, 3.05) is 38.1 Å². The van der Waals surface area contributed by atoms with Crippen molar-refractivity contribution in [2.45, 2.75) is 11.0 Å². The Labute approximate surface area is 235 Å². The van der Waals surface area contributed by atoms with Gasteiger partial charge in [0.2, 0.25) is 21.9 Å². The van der Waals surface area contributed by atoms with E-state index in [1.165, 1.54) is 25.9 Å². The molecule has 0 aliphatic heterocycles. The van der Waals surface area contributed by atoms with E-state index in [2.05, 4.69) is 19.9 Å². The number of para-hydroxylation sites is 1. The Balaban J connectivity index is 1.82. The predicted octanol–water partition coefficient (Wildman–Crippen LogP) is 2.37. The summed E-state index contributed by atoms with van der Waals surface area (Å²) >= 11 is 0. The molecule has 2 aromatic carbocycles. The SMILES string of the molecule is COc1cccc(-c2nnc(NS(=O)(=O)C[C@H](O)c3ccc(F)cc3S(C)(=O)=O)n2-c2c(OC)cccc2OC)n1. The Kier molecular flexibility index (Phi) is 8.46. The number of pyridine rings is 1. The number of aliphatic hydroxyl groups excluding tert-OH is 1. The second-order valence-electron chi connectivity index (χ2n) is 8.61. The van der Waals surface area contributed by atoms with E-state index in [0.717, 1.165) is 18.4 Å². The van der Waals surface area contributed by atoms with Crippen molar-refractivity contribution in [3.05, 3.63) is 66.0 Å². The number of benzene rings is 2. The molecule has 2 aromatic heterocycles. The zero-order chi connectivity index (χ0) is 29.9. The fraction of sp³-hybridized carbons (Fsp3) is 0.240. The molecule has 2 N–H and O–H groups in total. The second kappa shape index (κ2) is 11.7. The topological polar surface area (TPSA) is 172 Å². The summed E-state index contributed by atoms with van der Waals surface area (Å²) in [5.74, 6) is -1.28. The van der Waals surface area contributed by atoms with Gasteiger partial charge in [-0.25, -0.2) is 26.2 Å². The van der Waals surface area contributed by atoms with Crippen molar-refractivity contribution in [1.82, 2.24) is 19.7 Å². The van der Waals surface area contributed by atoms with Crippen molar-refractivity contribution < 1.29 is 40.5 Å². The molecule has 0 fully saturated rings. The smallest absolute Gasteiger partial charge is 0.243 e. The number of anilines is 1. The number of ether oxygens (including phenoxy) is 3. The van der Waals surface area contributed by atoms with E-state index < -0.39 is 42.4 Å². The molecule has 4 rings (SSSR count). The molecule has 0 radical (unpaired) electrons. The number of hydrogen-bond acceptors (Lipinski definition) is 11. The molecule has 4 aromatic rings. The third-order valence-electron chi connectivity index (χ3n) is 5.81. The molecular weight excluding hydrogens is 581 g/mol. The monoisotopic (exact) mass is 607 g/mol. The lowest BCUT2D eigenvalue weighted by Gasteiger charge is -2.18. The fourth-order valence-electron chi connectivity index (χ4n) is 4.02. The van der Waals surface area contributed by atoms with Gasteiger partial charge in [-0.1, -0.05) is 18.2 Å². The highest BCUT2D eigenvalue weighted by molar-refractivity contribution is 7.92. The summed E-state index contributed by atoms with van der Waals surface area (Å²) in [7, 11) is -4.18. The maximum atomic E-state index is 13.8. The molecule has 0 unspecified atom stereocenters. The van der Waals surface area contributed by atoms with Gasteiger partial charge in [0.25, 0.3) is 0 Å². The van der Waals surface area contributed by atoms with Crippen LogP contribution in [0.15, 0.2) is 59.5 Å². The van der Waals surface area contributed by atoms with Crippen LogP contribution in [0, 0.1) is 5.82 Å². The van der Waals surface area contributed by atoms with E-state index in [-0.39, 0.29) is 46.1 Å². The molecule has 16 heteroatoms. The van der Waals surface area contributed by atoms with Gasteiger partial charge < -0.3 is 19.3 Å². The molecule has 2 heterocycles. The molecule has 0 bridgehead atoms. The molecule has 0 saturated heterocycles. The van der Waals surface area contributed by atoms with Crippen LogP contribution in [0.3, 0.4) is 0 Å². The van der Waals surface area contributed by atoms with Crippen LogP contribution >= 0.6 is 0 Å². The lowest BCUT2D eigenvalue weighted by atomic mass is 10.1. The van der Waals surface area contributed by atoms with Crippen molar-refractivity contribution in [3.8, 4) is 34.6 Å². The summed E-state index contributed by atoms with van der Waals surface area (Å²) in [5, 5.41) is 18.9. The van der Waals surface area contributed by atoms with Gasteiger partial charge in [0.15, 0.2) is 15.7 Å². The lowest BCUT2D eigenvalue weighted by Crippen LogP contribution is -2.24. The highest BCUT2D eigenvalue weighted by atomic mass is 32.2. The number of rotatable bonds is 11. The van der Waals surface area contributed by atoms with Gasteiger partial charge in [0.05, 0.1) is 38.1 Å². The third-order valence-corrected chi connectivity index (χ3v) is 8.21. The molecule has 41 heavy (non-hydrogen) atoms. The molecule has 0 aliphatic carbocycles. The molecule has 13 nitrogen and oxygen atoms in total. The quantitative estimate of drug-likeness (QED) is 0.256. The maximum Gasteiger partial charge on any atom is 0.243 e. The van der Waals surface area contributed by atoms with E-state index in [1.807, 2.05) is 0 Å². The first-order chi connectivity index (χ1) is 19.4. The van der Waals surface area contributed by atoms with E-state index >= 15 is 0 Å². The number of aromatic nitrogens is 4. The highest BCUT2D eigenvalue weighted by Crippen LogP contribution is 2.37. The van der Waals surface area contributed by atoms with Gasteiger partial charge in [0.1, 0.15) is 28.7 Å². The lowest BCUT2D eigenvalue weighted by molar-refractivity contribution is 0.198. The van der Waals surface area contributed by atoms with Crippen molar-refractivity contribution >= 4 is 25.8 Å². The molecule has 0 amide bonds. The van der Waals surface area contributed by atoms with Crippen LogP contribution in [0.2, 0.25) is 0 Å². The molecule has 1 atom stereocenters. The first kappa shape index (κ1) is 29.7. The predicted molar refractivity (Wildman–Crippen MR) is 146 cm³/mol. The van der Waals surface area contributed by atoms with Crippen LogP contribution < -0.4 is 18.9 Å². The number of nitrogens with one attached hydrogen (secondary N) is 1. The maximum absolute atomic E-state index is 13.8. The third kappa shape index (κ3) is 6.39. The molecule has 218 valence electrons. The Morgan fingerprint density at radius 3 is 2.22 bits per heavy atom. The van der Waals surface area contributed by atoms with Crippen LogP contribution in [0.1, 0.15) is 11.7 Å². The largest absolute Gasteiger partial charge is 0.494 e. The average Bonchev–Trinajstić information content (AvgIpc) is 3.33. The van der Waals surface area contributed by atoms with Gasteiger partial charge >= 0.3 is 0 Å². The van der Waals surface area contributed by atoms with Crippen LogP contribution in [0.4, 0.5) is 10.3 Å². The summed E-state index contributed by atoms with van der Waals surface area (Å²) in [5.41, 5.74) is 0.214. The standard InChI is InChI=1S/C25H26FN5O8S2/c1-37-19-8-6-9-20(38-2)23(19)31-24(17-7-5-10-22(27-17)39-3)28-29-25(31)30-41(35,36)14-18(32)16-12-11-15(26)13-21(16)40(4,33)34/h5-13,18,32H,14H2,1-4H3,(H,29,30)/t18-/m0/s1. The number of nitrogens with zero attached hydrogens (tertiary/aromatic N) is 4. The Morgan fingerprint density at radius 1 is 0.951 bits per heavy atom. The first-order valence-electron chi connectivity index (χ1n) is 11.7. The van der Waals surface area contributed by atoms with E-state index in [0.29, 0.717) is 6.07 Å². The number of hydrogen-bond donors (Lipinski definition) is 2. The summed E-state index contributed by atoms with van der Waals surface area (Å²) in [6.45, 7) is 0. The van der Waals surface area contributed by atoms with Gasteiger partial charge in [-0.15, -0.1) is 10.2 Å². The minimum Gasteiger partial charge on any atom is -0.494 e. The Morgan fingerprint density at radius 2 is 1.61 bits per heavy atom. The van der Waals surface area contributed by atoms with E-state index in [9.17, 15) is 26.3 Å². The first-order valence-corrected chi connectivity index (χ1v) is 15.3. The number of sulfone groups is 1. The van der Waals surface area contributed by atoms with Gasteiger partial charge in [0, 0.05) is 17.9 Å². The summed E-state index contributed by atoms with van der Waals surface area (Å²) in [6.07, 6.45) is -1.02. The average molecular weight is 608 g/mol. The van der Waals surface area contributed by atoms with Crippen LogP contribution in [0.25, 0.3) is 17.2 Å². The van der Waals surface area contributed by atoms with Crippen molar-refractivity contribution in [2.24, 2.45) is 0 Å². The number of sulfonamides is 1. The summed E-state index contributed by atoms with van der Waals surface area (Å²) in [6, 6.07) is 12.4. The van der Waals surface area contributed by atoms with E-state index in [4.69, 9.17) is 14.2 Å². The number of methoxy groups -OCH3 is 3. The molecule has 0 saturated carbocycles. The normalized spacial score (nSPS) is 12.5. The van der Waals surface area contributed by atoms with Gasteiger partial charge in [-0.2, -0.15) is 0 Å². The van der Waals surface area contributed by atoms with E-state index in [1.54, 1.807) is 36.4 Å². The highest BCUT2D eigenvalue weighted by Gasteiger charge is 2.29. The summed E-state index contributed by atoms with van der Waals surface area (Å²) in [4.78, 5) is 3.83. The van der Waals surface area contributed by atoms with Crippen LogP contribution in [-0.2, 0) is 19.9 Å². The van der Waals surface area contributed by atoms with Gasteiger partial charge in [-0.3, -0.25) is 9.29 Å². The van der Waals surface area contributed by atoms with Crippen LogP contribution in [-0.4, -0.2) is 75.0 Å². The molecule has 0 spiro atoms. The summed E-state index contributed by atoms with van der Waals surface area (Å²) < 4.78 is 84.5. The molecular formula is C25H26FN5O8S2. The van der Waals surface area contributed by atoms with Crippen molar-refractivity contribution in [1.29, 1.82) is 0 Å². The molecule has 0 aliphatic rings. The van der Waals surface area contributed by atoms with Crippen LogP contribution in [0.5, 0.6) is 17.4 Å². The fourth-order valence-corrected chi connectivity index (χ4v) is 6.06. The van der Waals surface area contributed by atoms with Gasteiger partial charge in [-0.05, 0) is 30.3 Å².